The number of hydrogen-bond donors (Lipinski definition) is 2. The van der Waals surface area contributed by atoms with E-state index in [-0.39, 0.29) is 29.6 Å². The fraction of sp³-hybridized carbons (Fsp3) is 0.269. The second-order valence-corrected chi connectivity index (χ2v) is 8.69. The van der Waals surface area contributed by atoms with E-state index in [1.54, 1.807) is 6.08 Å². The van der Waals surface area contributed by atoms with E-state index >= 15 is 0 Å². The van der Waals surface area contributed by atoms with Gasteiger partial charge in [0.1, 0.15) is 5.83 Å². The quantitative estimate of drug-likeness (QED) is 0.637. The van der Waals surface area contributed by atoms with Crippen molar-refractivity contribution in [3.05, 3.63) is 93.7 Å². The van der Waals surface area contributed by atoms with E-state index in [0.29, 0.717) is 6.61 Å². The van der Waals surface area contributed by atoms with Crippen LogP contribution < -0.4 is 11.0 Å². The van der Waals surface area contributed by atoms with Gasteiger partial charge in [-0.25, -0.2) is 9.18 Å². The van der Waals surface area contributed by atoms with Gasteiger partial charge in [0.2, 0.25) is 0 Å². The first kappa shape index (κ1) is 19.5. The number of rotatable bonds is 2. The third-order valence-electron chi connectivity index (χ3n) is 6.72. The smallest absolute Gasteiger partial charge is 0.326 e. The average Bonchev–Trinajstić information content (AvgIpc) is 3.39. The summed E-state index contributed by atoms with van der Waals surface area (Å²) in [6, 6.07) is 14.4. The normalized spacial score (nSPS) is 26.1. The summed E-state index contributed by atoms with van der Waals surface area (Å²) in [5, 5.41) is 3.33. The van der Waals surface area contributed by atoms with Gasteiger partial charge in [-0.05, 0) is 59.5 Å². The molecule has 0 saturated carbocycles. The van der Waals surface area contributed by atoms with Crippen molar-refractivity contribution in [2.24, 2.45) is 5.92 Å². The summed E-state index contributed by atoms with van der Waals surface area (Å²) in [6.07, 6.45) is 7.70. The molecule has 0 spiro atoms. The SMILES string of the molecule is O=c1[nH]c2cc(/C=C3\c4ccccc4COC4C=C(F)C=CC34)ccc2n1C1CCNC1. The van der Waals surface area contributed by atoms with Crippen LogP contribution in [0.4, 0.5) is 4.39 Å². The first-order valence-corrected chi connectivity index (χ1v) is 11.1. The van der Waals surface area contributed by atoms with Gasteiger partial charge in [0.15, 0.2) is 0 Å². The number of hydrogen-bond acceptors (Lipinski definition) is 3. The largest absolute Gasteiger partial charge is 0.368 e. The summed E-state index contributed by atoms with van der Waals surface area (Å²) >= 11 is 0. The number of ether oxygens (including phenoxy) is 1. The van der Waals surface area contributed by atoms with Crippen LogP contribution in [0.5, 0.6) is 0 Å². The maximum atomic E-state index is 13.9. The van der Waals surface area contributed by atoms with Crippen LogP contribution in [-0.2, 0) is 11.3 Å². The lowest BCUT2D eigenvalue weighted by Gasteiger charge is -2.24. The van der Waals surface area contributed by atoms with Crippen molar-refractivity contribution >= 4 is 22.7 Å². The van der Waals surface area contributed by atoms with E-state index < -0.39 is 0 Å². The second kappa shape index (κ2) is 7.73. The van der Waals surface area contributed by atoms with Crippen LogP contribution in [0, 0.1) is 5.92 Å². The highest BCUT2D eigenvalue weighted by atomic mass is 19.1. The Morgan fingerprint density at radius 2 is 2.09 bits per heavy atom. The fourth-order valence-corrected chi connectivity index (χ4v) is 5.16. The summed E-state index contributed by atoms with van der Waals surface area (Å²) in [5.74, 6) is -0.347. The lowest BCUT2D eigenvalue weighted by atomic mass is 9.83. The van der Waals surface area contributed by atoms with Crippen molar-refractivity contribution in [1.29, 1.82) is 0 Å². The van der Waals surface area contributed by atoms with E-state index in [0.717, 1.165) is 52.8 Å². The van der Waals surface area contributed by atoms with Crippen molar-refractivity contribution in [1.82, 2.24) is 14.9 Å². The first-order chi connectivity index (χ1) is 15.7. The molecule has 1 aliphatic carbocycles. The fourth-order valence-electron chi connectivity index (χ4n) is 5.16. The van der Waals surface area contributed by atoms with Crippen LogP contribution in [0.15, 0.2) is 71.3 Å². The molecule has 3 aliphatic rings. The van der Waals surface area contributed by atoms with Gasteiger partial charge in [-0.15, -0.1) is 0 Å². The minimum atomic E-state index is -0.349. The molecule has 2 aromatic carbocycles. The predicted octanol–water partition coefficient (Wildman–Crippen LogP) is 4.34. The molecule has 3 aromatic rings. The van der Waals surface area contributed by atoms with Crippen molar-refractivity contribution in [3.8, 4) is 0 Å². The van der Waals surface area contributed by atoms with E-state index in [1.807, 2.05) is 41.0 Å². The number of H-pyrrole nitrogens is 1. The van der Waals surface area contributed by atoms with Gasteiger partial charge in [0, 0.05) is 12.5 Å². The Hall–Kier alpha value is -3.22. The maximum absolute atomic E-state index is 13.9. The topological polar surface area (TPSA) is 59.1 Å². The molecular weight excluding hydrogens is 405 g/mol. The summed E-state index contributed by atoms with van der Waals surface area (Å²) in [5.41, 5.74) is 5.97. The van der Waals surface area contributed by atoms with Gasteiger partial charge >= 0.3 is 5.69 Å². The Morgan fingerprint density at radius 1 is 1.19 bits per heavy atom. The second-order valence-electron chi connectivity index (χ2n) is 8.69. The monoisotopic (exact) mass is 429 g/mol. The molecule has 1 saturated heterocycles. The van der Waals surface area contributed by atoms with Crippen LogP contribution in [0.1, 0.15) is 29.2 Å². The Balaban J connectivity index is 1.47. The van der Waals surface area contributed by atoms with E-state index in [1.165, 1.54) is 6.08 Å². The number of benzene rings is 2. The lowest BCUT2D eigenvalue weighted by Crippen LogP contribution is -2.23. The molecule has 3 heterocycles. The molecule has 3 atom stereocenters. The molecule has 2 N–H and O–H groups in total. The summed E-state index contributed by atoms with van der Waals surface area (Å²) in [4.78, 5) is 15.7. The van der Waals surface area contributed by atoms with Crippen molar-refractivity contribution in [2.75, 3.05) is 13.1 Å². The Morgan fingerprint density at radius 3 is 2.97 bits per heavy atom. The standard InChI is InChI=1S/C26H24FN3O2/c27-18-6-7-21-22(20-4-2-1-3-17(20)15-32-25(21)13-18)11-16-5-8-24-23(12-16)29-26(31)30(24)19-9-10-28-14-19/h1-8,11-13,19,21,25,28H,9-10,14-15H2,(H,29,31)/b22-11+. The van der Waals surface area contributed by atoms with Gasteiger partial charge in [0.25, 0.3) is 0 Å². The summed E-state index contributed by atoms with van der Waals surface area (Å²) in [6.45, 7) is 2.19. The molecule has 0 amide bonds. The number of halogens is 1. The molecule has 1 aromatic heterocycles. The van der Waals surface area contributed by atoms with Crippen LogP contribution >= 0.6 is 0 Å². The molecule has 162 valence electrons. The van der Waals surface area contributed by atoms with E-state index in [2.05, 4.69) is 28.5 Å². The third kappa shape index (κ3) is 3.27. The van der Waals surface area contributed by atoms with Gasteiger partial charge in [-0.2, -0.15) is 0 Å². The van der Waals surface area contributed by atoms with Crippen LogP contribution in [-0.4, -0.2) is 28.7 Å². The zero-order chi connectivity index (χ0) is 21.7. The molecular formula is C26H24FN3O2. The Kier molecular flexibility index (Phi) is 4.70. The van der Waals surface area contributed by atoms with Gasteiger partial charge in [-0.1, -0.05) is 42.5 Å². The molecule has 2 aliphatic heterocycles. The number of imidazole rings is 1. The Bertz CT molecular complexity index is 1340. The third-order valence-corrected chi connectivity index (χ3v) is 6.72. The zero-order valence-electron chi connectivity index (χ0n) is 17.6. The van der Waals surface area contributed by atoms with Crippen LogP contribution in [0.25, 0.3) is 22.7 Å². The summed E-state index contributed by atoms with van der Waals surface area (Å²) < 4.78 is 21.9. The molecule has 3 unspecified atom stereocenters. The van der Waals surface area contributed by atoms with Crippen molar-refractivity contribution in [2.45, 2.75) is 25.2 Å². The van der Waals surface area contributed by atoms with Gasteiger partial charge in [-0.3, -0.25) is 4.57 Å². The number of nitrogens with one attached hydrogen (secondary N) is 2. The molecule has 0 bridgehead atoms. The zero-order valence-corrected chi connectivity index (χ0v) is 17.6. The van der Waals surface area contributed by atoms with Crippen molar-refractivity contribution in [3.63, 3.8) is 0 Å². The number of nitrogens with zero attached hydrogens (tertiary/aromatic N) is 1. The molecule has 1 fully saturated rings. The van der Waals surface area contributed by atoms with Crippen molar-refractivity contribution < 1.29 is 9.13 Å². The summed E-state index contributed by atoms with van der Waals surface area (Å²) in [7, 11) is 0. The lowest BCUT2D eigenvalue weighted by molar-refractivity contribution is 0.0600. The molecule has 5 nitrogen and oxygen atoms in total. The highest BCUT2D eigenvalue weighted by molar-refractivity contribution is 5.88. The number of aromatic amines is 1. The van der Waals surface area contributed by atoms with Crippen LogP contribution in [0.3, 0.4) is 0 Å². The van der Waals surface area contributed by atoms with E-state index in [9.17, 15) is 9.18 Å². The number of aromatic nitrogens is 2. The maximum Gasteiger partial charge on any atom is 0.326 e. The minimum Gasteiger partial charge on any atom is -0.368 e. The first-order valence-electron chi connectivity index (χ1n) is 11.1. The van der Waals surface area contributed by atoms with Crippen LogP contribution in [0.2, 0.25) is 0 Å². The average molecular weight is 429 g/mol. The highest BCUT2D eigenvalue weighted by Crippen LogP contribution is 2.39. The molecule has 32 heavy (non-hydrogen) atoms. The van der Waals surface area contributed by atoms with Gasteiger partial charge in [0.05, 0.1) is 29.8 Å². The number of fused-ring (bicyclic) bond motifs is 3. The van der Waals surface area contributed by atoms with Gasteiger partial charge < -0.3 is 15.0 Å². The minimum absolute atomic E-state index is 0.0670. The molecule has 6 heteroatoms. The molecule has 0 radical (unpaired) electrons. The van der Waals surface area contributed by atoms with E-state index in [4.69, 9.17) is 4.74 Å². The Labute approximate surface area is 184 Å². The highest BCUT2D eigenvalue weighted by Gasteiger charge is 2.30. The number of allylic oxidation sites excluding steroid dienone is 2. The predicted molar refractivity (Wildman–Crippen MR) is 124 cm³/mol. The molecule has 6 rings (SSSR count).